The highest BCUT2D eigenvalue weighted by atomic mass is 19.4. The van der Waals surface area contributed by atoms with Gasteiger partial charge in [-0.3, -0.25) is 9.59 Å². The van der Waals surface area contributed by atoms with Crippen molar-refractivity contribution in [3.05, 3.63) is 83.1 Å². The van der Waals surface area contributed by atoms with E-state index in [-0.39, 0.29) is 40.5 Å². The molecule has 0 radical (unpaired) electrons. The van der Waals surface area contributed by atoms with Crippen LogP contribution < -0.4 is 20.5 Å². The summed E-state index contributed by atoms with van der Waals surface area (Å²) >= 11 is 0. The monoisotopic (exact) mass is 616 g/mol. The number of benzene rings is 2. The average Bonchev–Trinajstić information content (AvgIpc) is 3.41. The number of carbonyl (C=O) groups excluding carboxylic acids is 2. The molecule has 0 saturated carbocycles. The van der Waals surface area contributed by atoms with E-state index in [1.807, 2.05) is 0 Å². The number of rotatable bonds is 11. The minimum atomic E-state index is -5.36. The van der Waals surface area contributed by atoms with Crippen molar-refractivity contribution in [2.75, 3.05) is 20.3 Å². The van der Waals surface area contributed by atoms with Crippen LogP contribution in [0.25, 0.3) is 22.4 Å². The van der Waals surface area contributed by atoms with Crippen LogP contribution in [0.1, 0.15) is 34.2 Å². The second-order valence-corrected chi connectivity index (χ2v) is 9.70. The highest BCUT2D eigenvalue weighted by Crippen LogP contribution is 2.42. The van der Waals surface area contributed by atoms with E-state index in [1.54, 1.807) is 13.8 Å². The minimum absolute atomic E-state index is 0.0412. The first kappa shape index (κ1) is 31.9. The summed E-state index contributed by atoms with van der Waals surface area (Å²) in [5.74, 6) is -2.30. The number of nitrogens with one attached hydrogen (secondary N) is 1. The number of hydrogen-bond acceptors (Lipinski definition) is 8. The number of nitrogens with two attached hydrogens (primary N) is 1. The van der Waals surface area contributed by atoms with Crippen molar-refractivity contribution >= 4 is 11.8 Å². The van der Waals surface area contributed by atoms with Gasteiger partial charge in [0.15, 0.2) is 0 Å². The van der Waals surface area contributed by atoms with E-state index in [1.165, 1.54) is 43.7 Å². The zero-order valence-corrected chi connectivity index (χ0v) is 23.8. The summed E-state index contributed by atoms with van der Waals surface area (Å²) in [4.78, 5) is 29.0. The van der Waals surface area contributed by atoms with E-state index in [0.717, 1.165) is 18.2 Å². The number of methoxy groups -OCH3 is 1. The molecule has 14 heteroatoms. The average molecular weight is 617 g/mol. The van der Waals surface area contributed by atoms with Crippen molar-refractivity contribution in [2.24, 2.45) is 5.73 Å². The van der Waals surface area contributed by atoms with Gasteiger partial charge in [0.05, 0.1) is 38.1 Å². The van der Waals surface area contributed by atoms with Gasteiger partial charge in [0, 0.05) is 27.8 Å². The standard InChI is InChI=1S/C30H28F4N4O6/c1-4-43-27-19(13-25(35)39)12-24(37-26(27)17-5-8-20(31)9-6-17)29(41,30(32,33)34)15-36-28(40)18-7-10-21(23(11-18)42-3)22-14-44-38-16(22)2/h5-12,14,41H,4,13,15H2,1-3H3,(H2,35,39)(H,36,40)/t29-/m0/s1. The molecule has 0 aliphatic carbocycles. The van der Waals surface area contributed by atoms with Gasteiger partial charge < -0.3 is 30.2 Å². The number of nitrogens with zero attached hydrogens (tertiary/aromatic N) is 2. The molecule has 10 nitrogen and oxygen atoms in total. The molecule has 2 amide bonds. The molecule has 4 rings (SSSR count). The van der Waals surface area contributed by atoms with Crippen molar-refractivity contribution in [3.63, 3.8) is 0 Å². The highest BCUT2D eigenvalue weighted by molar-refractivity contribution is 5.95. The molecular formula is C30H28F4N4O6. The normalized spacial score (nSPS) is 12.8. The summed E-state index contributed by atoms with van der Waals surface area (Å²) in [5, 5.41) is 17.1. The van der Waals surface area contributed by atoms with Gasteiger partial charge in [-0.2, -0.15) is 13.2 Å². The van der Waals surface area contributed by atoms with Gasteiger partial charge in [-0.25, -0.2) is 9.37 Å². The van der Waals surface area contributed by atoms with Crippen LogP contribution in [0, 0.1) is 12.7 Å². The third kappa shape index (κ3) is 6.49. The van der Waals surface area contributed by atoms with Crippen molar-refractivity contribution in [2.45, 2.75) is 32.0 Å². The van der Waals surface area contributed by atoms with Gasteiger partial charge in [-0.15, -0.1) is 0 Å². The van der Waals surface area contributed by atoms with E-state index in [9.17, 15) is 32.3 Å². The Labute approximate surface area is 248 Å². The number of carbonyl (C=O) groups is 2. The van der Waals surface area contributed by atoms with Gasteiger partial charge >= 0.3 is 6.18 Å². The smallest absolute Gasteiger partial charge is 0.424 e. The molecule has 1 atom stereocenters. The first-order valence-electron chi connectivity index (χ1n) is 13.2. The van der Waals surface area contributed by atoms with Gasteiger partial charge in [0.25, 0.3) is 5.91 Å². The van der Waals surface area contributed by atoms with Gasteiger partial charge in [0.1, 0.15) is 29.3 Å². The number of aromatic nitrogens is 2. The number of alkyl halides is 3. The van der Waals surface area contributed by atoms with Crippen LogP contribution in [0.4, 0.5) is 17.6 Å². The SMILES string of the molecule is CCOc1c(CC(N)=O)cc([C@@](O)(CNC(=O)c2ccc(-c3conc3C)c(OC)c2)C(F)(F)F)nc1-c1ccc(F)cc1. The molecule has 0 spiro atoms. The lowest BCUT2D eigenvalue weighted by Gasteiger charge is -2.31. The molecule has 0 aliphatic rings. The van der Waals surface area contributed by atoms with Crippen molar-refractivity contribution in [3.8, 4) is 33.9 Å². The maximum atomic E-state index is 14.6. The number of primary amides is 1. The minimum Gasteiger partial charge on any atom is -0.496 e. The summed E-state index contributed by atoms with van der Waals surface area (Å²) in [7, 11) is 1.35. The lowest BCUT2D eigenvalue weighted by atomic mass is 9.93. The Balaban J connectivity index is 1.75. The third-order valence-electron chi connectivity index (χ3n) is 6.72. The van der Waals surface area contributed by atoms with Gasteiger partial charge in [-0.05, 0) is 62.4 Å². The number of pyridine rings is 1. The lowest BCUT2D eigenvalue weighted by Crippen LogP contribution is -2.51. The molecule has 0 saturated heterocycles. The van der Waals surface area contributed by atoms with Crippen LogP contribution in [-0.4, -0.2) is 53.5 Å². The van der Waals surface area contributed by atoms with Crippen molar-refractivity contribution in [1.29, 1.82) is 0 Å². The molecule has 2 heterocycles. The Morgan fingerprint density at radius 2 is 1.80 bits per heavy atom. The summed E-state index contributed by atoms with van der Waals surface area (Å²) in [6.07, 6.45) is -4.54. The Bertz CT molecular complexity index is 1670. The molecule has 4 N–H and O–H groups in total. The summed E-state index contributed by atoms with van der Waals surface area (Å²) in [6.45, 7) is 1.98. The number of ether oxygens (including phenoxy) is 2. The number of aliphatic hydroxyl groups is 1. The molecule has 2 aromatic carbocycles. The fourth-order valence-electron chi connectivity index (χ4n) is 4.48. The summed E-state index contributed by atoms with van der Waals surface area (Å²) in [6, 6.07) is 9.68. The van der Waals surface area contributed by atoms with Crippen molar-refractivity contribution in [1.82, 2.24) is 15.5 Å². The largest absolute Gasteiger partial charge is 0.496 e. The second-order valence-electron chi connectivity index (χ2n) is 9.70. The first-order chi connectivity index (χ1) is 20.8. The van der Waals surface area contributed by atoms with Crippen LogP contribution in [-0.2, 0) is 16.8 Å². The zero-order valence-electron chi connectivity index (χ0n) is 23.8. The summed E-state index contributed by atoms with van der Waals surface area (Å²) in [5.41, 5.74) is 2.13. The Kier molecular flexibility index (Phi) is 9.23. The maximum absolute atomic E-state index is 14.6. The van der Waals surface area contributed by atoms with E-state index in [0.29, 0.717) is 16.8 Å². The molecule has 232 valence electrons. The Hall–Kier alpha value is -4.98. The maximum Gasteiger partial charge on any atom is 0.424 e. The van der Waals surface area contributed by atoms with Crippen LogP contribution in [0.3, 0.4) is 0 Å². The molecule has 0 bridgehead atoms. The second kappa shape index (κ2) is 12.7. The first-order valence-corrected chi connectivity index (χ1v) is 13.2. The van der Waals surface area contributed by atoms with Crippen LogP contribution in [0.2, 0.25) is 0 Å². The van der Waals surface area contributed by atoms with E-state index in [4.69, 9.17) is 19.7 Å². The number of aryl methyl sites for hydroxylation is 1. The Morgan fingerprint density at radius 3 is 2.36 bits per heavy atom. The number of halogens is 4. The number of hydrogen-bond donors (Lipinski definition) is 3. The van der Waals surface area contributed by atoms with Gasteiger partial charge in [-0.1, -0.05) is 5.16 Å². The lowest BCUT2D eigenvalue weighted by molar-refractivity contribution is -0.265. The van der Waals surface area contributed by atoms with Crippen LogP contribution in [0.15, 0.2) is 59.3 Å². The van der Waals surface area contributed by atoms with E-state index < -0.39 is 48.1 Å². The predicted octanol–water partition coefficient (Wildman–Crippen LogP) is 4.47. The molecule has 44 heavy (non-hydrogen) atoms. The van der Waals surface area contributed by atoms with Crippen molar-refractivity contribution < 1.29 is 46.3 Å². The molecule has 0 fully saturated rings. The number of amides is 2. The van der Waals surface area contributed by atoms with Gasteiger partial charge in [0.2, 0.25) is 11.5 Å². The summed E-state index contributed by atoms with van der Waals surface area (Å²) < 4.78 is 73.3. The highest BCUT2D eigenvalue weighted by Gasteiger charge is 2.56. The quantitative estimate of drug-likeness (QED) is 0.209. The van der Waals surface area contributed by atoms with E-state index in [2.05, 4.69) is 15.5 Å². The topological polar surface area (TPSA) is 150 Å². The van der Waals surface area contributed by atoms with Crippen LogP contribution >= 0.6 is 0 Å². The molecule has 4 aromatic rings. The van der Waals surface area contributed by atoms with E-state index >= 15 is 0 Å². The third-order valence-corrected chi connectivity index (χ3v) is 6.72. The van der Waals surface area contributed by atoms with Crippen LogP contribution in [0.5, 0.6) is 11.5 Å². The molecule has 0 unspecified atom stereocenters. The zero-order chi connectivity index (χ0) is 32.2. The molecule has 0 aliphatic heterocycles. The Morgan fingerprint density at radius 1 is 1.09 bits per heavy atom. The molecular weight excluding hydrogens is 588 g/mol. The molecule has 2 aromatic heterocycles. The fourth-order valence-corrected chi connectivity index (χ4v) is 4.48. The predicted molar refractivity (Wildman–Crippen MR) is 149 cm³/mol. The fraction of sp³-hybridized carbons (Fsp3) is 0.267.